The Kier molecular flexibility index (Phi) is 4.63. The molecular weight excluding hydrogens is 300 g/mol. The molecule has 0 heterocycles. The molecule has 0 radical (unpaired) electrons. The predicted molar refractivity (Wildman–Crippen MR) is 80.4 cm³/mol. The summed E-state index contributed by atoms with van der Waals surface area (Å²) in [6.45, 7) is 1.66. The Morgan fingerprint density at radius 3 is 2.65 bits per heavy atom. The summed E-state index contributed by atoms with van der Waals surface area (Å²) >= 11 is 11.8. The van der Waals surface area contributed by atoms with Crippen molar-refractivity contribution in [3.8, 4) is 0 Å². The molecule has 20 heavy (non-hydrogen) atoms. The van der Waals surface area contributed by atoms with Crippen molar-refractivity contribution in [3.05, 3.63) is 63.4 Å². The van der Waals surface area contributed by atoms with E-state index in [1.807, 2.05) is 0 Å². The summed E-state index contributed by atoms with van der Waals surface area (Å²) in [6, 6.07) is 9.34. The van der Waals surface area contributed by atoms with Crippen LogP contribution in [0.2, 0.25) is 10.0 Å². The Morgan fingerprint density at radius 2 is 1.95 bits per heavy atom. The first kappa shape index (κ1) is 14.8. The van der Waals surface area contributed by atoms with E-state index in [0.717, 1.165) is 0 Å². The summed E-state index contributed by atoms with van der Waals surface area (Å²) in [5.41, 5.74) is 1.39. The molecule has 2 rings (SSSR count). The van der Waals surface area contributed by atoms with Crippen molar-refractivity contribution in [2.75, 3.05) is 11.9 Å². The zero-order valence-electron chi connectivity index (χ0n) is 10.7. The fraction of sp³-hybridized carbons (Fsp3) is 0.133. The second-order valence-corrected chi connectivity index (χ2v) is 5.21. The van der Waals surface area contributed by atoms with Gasteiger partial charge in [-0.25, -0.2) is 4.39 Å². The molecule has 1 N–H and O–H groups in total. The van der Waals surface area contributed by atoms with Crippen LogP contribution in [0.4, 0.5) is 10.1 Å². The molecule has 2 aromatic carbocycles. The Bertz CT molecular complexity index is 658. The van der Waals surface area contributed by atoms with E-state index in [1.165, 1.54) is 6.07 Å². The third kappa shape index (κ3) is 3.50. The van der Waals surface area contributed by atoms with E-state index in [4.69, 9.17) is 23.2 Å². The third-order valence-corrected chi connectivity index (χ3v) is 3.43. The smallest absolute Gasteiger partial charge is 0.181 e. The molecule has 0 fully saturated rings. The Morgan fingerprint density at radius 1 is 1.20 bits per heavy atom. The number of benzene rings is 2. The van der Waals surface area contributed by atoms with Crippen LogP contribution >= 0.6 is 23.2 Å². The molecule has 0 aliphatic rings. The summed E-state index contributed by atoms with van der Waals surface area (Å²) in [7, 11) is 0. The number of hydrogen-bond acceptors (Lipinski definition) is 2. The second kappa shape index (κ2) is 6.25. The fourth-order valence-corrected chi connectivity index (χ4v) is 2.03. The molecule has 0 aliphatic carbocycles. The zero-order valence-corrected chi connectivity index (χ0v) is 12.2. The van der Waals surface area contributed by atoms with E-state index in [9.17, 15) is 9.18 Å². The average Bonchev–Trinajstić information content (AvgIpc) is 2.42. The van der Waals surface area contributed by atoms with E-state index >= 15 is 0 Å². The molecule has 0 aliphatic heterocycles. The molecule has 0 atom stereocenters. The van der Waals surface area contributed by atoms with Gasteiger partial charge in [-0.05, 0) is 36.8 Å². The molecule has 5 heteroatoms. The number of anilines is 1. The average molecular weight is 312 g/mol. The Labute approximate surface area is 126 Å². The van der Waals surface area contributed by atoms with Crippen LogP contribution in [-0.4, -0.2) is 12.3 Å². The van der Waals surface area contributed by atoms with Crippen molar-refractivity contribution in [1.29, 1.82) is 0 Å². The molecule has 0 aromatic heterocycles. The Balaban J connectivity index is 2.08. The lowest BCUT2D eigenvalue weighted by atomic mass is 10.1. The van der Waals surface area contributed by atoms with E-state index in [-0.39, 0.29) is 12.3 Å². The molecule has 2 aromatic rings. The number of carbonyl (C=O) groups excluding carboxylic acids is 1. The SMILES string of the molecule is Cc1ccc(C(=O)CNc2cc(Cl)ccc2Cl)cc1F. The monoisotopic (exact) mass is 311 g/mol. The van der Waals surface area contributed by atoms with E-state index in [0.29, 0.717) is 26.9 Å². The molecule has 0 saturated heterocycles. The highest BCUT2D eigenvalue weighted by molar-refractivity contribution is 6.35. The number of carbonyl (C=O) groups is 1. The molecule has 0 spiro atoms. The van der Waals surface area contributed by atoms with Gasteiger partial charge in [-0.3, -0.25) is 4.79 Å². The maximum Gasteiger partial charge on any atom is 0.181 e. The van der Waals surface area contributed by atoms with Crippen LogP contribution in [0.5, 0.6) is 0 Å². The lowest BCUT2D eigenvalue weighted by Gasteiger charge is -2.08. The minimum atomic E-state index is -0.392. The van der Waals surface area contributed by atoms with Gasteiger partial charge in [0, 0.05) is 10.6 Å². The van der Waals surface area contributed by atoms with Gasteiger partial charge in [-0.1, -0.05) is 35.3 Å². The highest BCUT2D eigenvalue weighted by atomic mass is 35.5. The number of rotatable bonds is 4. The van der Waals surface area contributed by atoms with Crippen LogP contribution in [0.3, 0.4) is 0 Å². The first-order chi connectivity index (χ1) is 9.47. The summed E-state index contributed by atoms with van der Waals surface area (Å²) < 4.78 is 13.4. The predicted octanol–water partition coefficient (Wildman–Crippen LogP) is 4.74. The van der Waals surface area contributed by atoms with Crippen molar-refractivity contribution in [2.45, 2.75) is 6.92 Å². The zero-order chi connectivity index (χ0) is 14.7. The van der Waals surface area contributed by atoms with Gasteiger partial charge >= 0.3 is 0 Å². The van der Waals surface area contributed by atoms with Crippen LogP contribution in [0.1, 0.15) is 15.9 Å². The topological polar surface area (TPSA) is 29.1 Å². The van der Waals surface area contributed by atoms with E-state index in [1.54, 1.807) is 37.3 Å². The standard InChI is InChI=1S/C15H12Cl2FNO/c1-9-2-3-10(6-13(9)18)15(20)8-19-14-7-11(16)4-5-12(14)17/h2-7,19H,8H2,1H3. The van der Waals surface area contributed by atoms with Crippen LogP contribution in [0.15, 0.2) is 36.4 Å². The number of halogens is 3. The van der Waals surface area contributed by atoms with Crippen molar-refractivity contribution in [3.63, 3.8) is 0 Å². The van der Waals surface area contributed by atoms with E-state index in [2.05, 4.69) is 5.32 Å². The van der Waals surface area contributed by atoms with Gasteiger partial charge < -0.3 is 5.32 Å². The summed E-state index contributed by atoms with van der Waals surface area (Å²) in [5, 5.41) is 3.89. The van der Waals surface area contributed by atoms with Gasteiger partial charge in [-0.15, -0.1) is 0 Å². The summed E-state index contributed by atoms with van der Waals surface area (Å²) in [4.78, 5) is 12.0. The van der Waals surface area contributed by atoms with Crippen molar-refractivity contribution >= 4 is 34.7 Å². The van der Waals surface area contributed by atoms with Crippen LogP contribution in [-0.2, 0) is 0 Å². The summed E-state index contributed by atoms with van der Waals surface area (Å²) in [6.07, 6.45) is 0. The van der Waals surface area contributed by atoms with Crippen molar-refractivity contribution < 1.29 is 9.18 Å². The van der Waals surface area contributed by atoms with Crippen LogP contribution in [0, 0.1) is 12.7 Å². The first-order valence-electron chi connectivity index (χ1n) is 5.95. The second-order valence-electron chi connectivity index (χ2n) is 4.36. The number of aryl methyl sites for hydroxylation is 1. The molecule has 2 nitrogen and oxygen atoms in total. The highest BCUT2D eigenvalue weighted by Gasteiger charge is 2.09. The Hall–Kier alpha value is -1.58. The maximum absolute atomic E-state index is 13.4. The van der Waals surface area contributed by atoms with Crippen LogP contribution < -0.4 is 5.32 Å². The fourth-order valence-electron chi connectivity index (χ4n) is 1.68. The normalized spacial score (nSPS) is 10.4. The van der Waals surface area contributed by atoms with Gasteiger partial charge in [-0.2, -0.15) is 0 Å². The number of ketones is 1. The largest absolute Gasteiger partial charge is 0.376 e. The molecule has 0 unspecified atom stereocenters. The number of hydrogen-bond donors (Lipinski definition) is 1. The lowest BCUT2D eigenvalue weighted by molar-refractivity contribution is 0.101. The molecule has 0 amide bonds. The first-order valence-corrected chi connectivity index (χ1v) is 6.71. The van der Waals surface area contributed by atoms with Gasteiger partial charge in [0.05, 0.1) is 17.3 Å². The maximum atomic E-state index is 13.4. The third-order valence-electron chi connectivity index (χ3n) is 2.86. The lowest BCUT2D eigenvalue weighted by Crippen LogP contribution is -2.14. The number of nitrogens with one attached hydrogen (secondary N) is 1. The minimum absolute atomic E-state index is 0.0164. The number of Topliss-reactive ketones (excluding diaryl/α,β-unsaturated/α-hetero) is 1. The van der Waals surface area contributed by atoms with Gasteiger partial charge in [0.1, 0.15) is 5.82 Å². The quantitative estimate of drug-likeness (QED) is 0.827. The van der Waals surface area contributed by atoms with E-state index < -0.39 is 5.82 Å². The van der Waals surface area contributed by atoms with Crippen molar-refractivity contribution in [1.82, 2.24) is 0 Å². The van der Waals surface area contributed by atoms with Gasteiger partial charge in [0.2, 0.25) is 0 Å². The van der Waals surface area contributed by atoms with Crippen LogP contribution in [0.25, 0.3) is 0 Å². The molecule has 0 bridgehead atoms. The minimum Gasteiger partial charge on any atom is -0.376 e. The molecule has 0 saturated carbocycles. The van der Waals surface area contributed by atoms with Crippen molar-refractivity contribution in [2.24, 2.45) is 0 Å². The van der Waals surface area contributed by atoms with Gasteiger partial charge in [0.15, 0.2) is 5.78 Å². The highest BCUT2D eigenvalue weighted by Crippen LogP contribution is 2.25. The molecular formula is C15H12Cl2FNO. The summed E-state index contributed by atoms with van der Waals surface area (Å²) in [5.74, 6) is -0.614. The molecule has 104 valence electrons. The van der Waals surface area contributed by atoms with Gasteiger partial charge in [0.25, 0.3) is 0 Å².